The Bertz CT molecular complexity index is 1510. The fourth-order valence-corrected chi connectivity index (χ4v) is 4.20. The molecule has 0 saturated carbocycles. The van der Waals surface area contributed by atoms with Gasteiger partial charge in [0.2, 0.25) is 0 Å². The van der Waals surface area contributed by atoms with Gasteiger partial charge in [0.25, 0.3) is 5.56 Å². The van der Waals surface area contributed by atoms with E-state index in [1.807, 2.05) is 57.4 Å². The summed E-state index contributed by atoms with van der Waals surface area (Å²) in [5.41, 5.74) is 5.72. The van der Waals surface area contributed by atoms with Gasteiger partial charge in [0.1, 0.15) is 11.5 Å². The van der Waals surface area contributed by atoms with Gasteiger partial charge in [0.05, 0.1) is 47.9 Å². The van der Waals surface area contributed by atoms with E-state index in [-0.39, 0.29) is 5.56 Å². The lowest BCUT2D eigenvalue weighted by Crippen LogP contribution is -2.21. The zero-order valence-electron chi connectivity index (χ0n) is 18.9. The van der Waals surface area contributed by atoms with E-state index in [9.17, 15) is 4.79 Å². The number of aryl methyl sites for hydroxylation is 3. The third-order valence-electron chi connectivity index (χ3n) is 5.80. The third-order valence-corrected chi connectivity index (χ3v) is 5.80. The summed E-state index contributed by atoms with van der Waals surface area (Å²) >= 11 is 0. The Morgan fingerprint density at radius 2 is 1.82 bits per heavy atom. The molecule has 0 saturated heterocycles. The second kappa shape index (κ2) is 8.05. The van der Waals surface area contributed by atoms with Gasteiger partial charge >= 0.3 is 0 Å². The van der Waals surface area contributed by atoms with E-state index in [1.54, 1.807) is 34.8 Å². The Kier molecular flexibility index (Phi) is 5.05. The van der Waals surface area contributed by atoms with Crippen molar-refractivity contribution in [1.29, 1.82) is 0 Å². The van der Waals surface area contributed by atoms with Crippen LogP contribution >= 0.6 is 0 Å². The summed E-state index contributed by atoms with van der Waals surface area (Å²) in [6, 6.07) is 11.2. The van der Waals surface area contributed by atoms with E-state index in [1.165, 1.54) is 0 Å². The summed E-state index contributed by atoms with van der Waals surface area (Å²) in [5.74, 6) is 1.32. The van der Waals surface area contributed by atoms with Crippen LogP contribution in [0.5, 0.6) is 5.75 Å². The summed E-state index contributed by atoms with van der Waals surface area (Å²) in [7, 11) is 3.50. The van der Waals surface area contributed by atoms with Gasteiger partial charge in [0.15, 0.2) is 0 Å². The number of ether oxygens (including phenoxy) is 1. The average Bonchev–Trinajstić information content (AvgIpc) is 3.40. The smallest absolute Gasteiger partial charge is 0.251 e. The standard InChI is InChI=1S/C25H23N5O3/c1-15-23(16(2)33-28-15)24-21(32-4)9-6-17-7-10-22(31)30(25(17)24)14-20-8-5-18(11-26-20)19-12-27-29(3)13-19/h5-13H,14H2,1-4H3. The molecule has 5 aromatic rings. The number of aromatic nitrogens is 5. The molecule has 0 fully saturated rings. The Morgan fingerprint density at radius 1 is 1.00 bits per heavy atom. The minimum Gasteiger partial charge on any atom is -0.496 e. The molecule has 4 aromatic heterocycles. The molecule has 1 aromatic carbocycles. The molecular formula is C25H23N5O3. The van der Waals surface area contributed by atoms with Gasteiger partial charge in [-0.05, 0) is 43.5 Å². The summed E-state index contributed by atoms with van der Waals surface area (Å²) < 4.78 is 14.6. The molecule has 8 heteroatoms. The normalized spacial score (nSPS) is 11.3. The van der Waals surface area contributed by atoms with Gasteiger partial charge in [-0.3, -0.25) is 14.5 Å². The monoisotopic (exact) mass is 441 g/mol. The molecule has 0 spiro atoms. The highest BCUT2D eigenvalue weighted by molar-refractivity contribution is 5.98. The molecule has 0 aliphatic heterocycles. The van der Waals surface area contributed by atoms with Crippen molar-refractivity contribution >= 4 is 10.9 Å². The highest BCUT2D eigenvalue weighted by Crippen LogP contribution is 2.40. The van der Waals surface area contributed by atoms with Crippen LogP contribution in [0.2, 0.25) is 0 Å². The van der Waals surface area contributed by atoms with Gasteiger partial charge in [-0.2, -0.15) is 5.10 Å². The number of methoxy groups -OCH3 is 1. The topological polar surface area (TPSA) is 88.0 Å². The van der Waals surface area contributed by atoms with Gasteiger partial charge in [0, 0.05) is 36.6 Å². The molecule has 5 rings (SSSR count). The van der Waals surface area contributed by atoms with Crippen LogP contribution in [-0.2, 0) is 13.6 Å². The molecule has 0 aliphatic carbocycles. The number of pyridine rings is 2. The van der Waals surface area contributed by atoms with E-state index in [2.05, 4.69) is 15.2 Å². The Balaban J connectivity index is 1.67. The van der Waals surface area contributed by atoms with Crippen LogP contribution in [0.4, 0.5) is 0 Å². The van der Waals surface area contributed by atoms with E-state index in [0.29, 0.717) is 18.1 Å². The van der Waals surface area contributed by atoms with Crippen molar-refractivity contribution in [2.75, 3.05) is 7.11 Å². The molecule has 0 atom stereocenters. The van der Waals surface area contributed by atoms with E-state index in [4.69, 9.17) is 9.26 Å². The summed E-state index contributed by atoms with van der Waals surface area (Å²) in [4.78, 5) is 17.7. The first-order valence-corrected chi connectivity index (χ1v) is 10.5. The lowest BCUT2D eigenvalue weighted by molar-refractivity contribution is 0.393. The molecule has 0 unspecified atom stereocenters. The highest BCUT2D eigenvalue weighted by atomic mass is 16.5. The minimum absolute atomic E-state index is 0.123. The first kappa shape index (κ1) is 20.7. The quantitative estimate of drug-likeness (QED) is 0.408. The zero-order chi connectivity index (χ0) is 23.1. The van der Waals surface area contributed by atoms with Gasteiger partial charge in [-0.25, -0.2) is 0 Å². The molecule has 33 heavy (non-hydrogen) atoms. The Labute approximate surface area is 190 Å². The highest BCUT2D eigenvalue weighted by Gasteiger charge is 2.21. The number of benzene rings is 1. The van der Waals surface area contributed by atoms with Crippen molar-refractivity contribution in [2.24, 2.45) is 7.05 Å². The average molecular weight is 441 g/mol. The molecule has 4 heterocycles. The largest absolute Gasteiger partial charge is 0.496 e. The second-order valence-electron chi connectivity index (χ2n) is 7.98. The SMILES string of the molecule is COc1ccc2ccc(=O)n(Cc3ccc(-c4cnn(C)c4)cn3)c2c1-c1c(C)noc1C. The van der Waals surface area contributed by atoms with Crippen LogP contribution in [-0.4, -0.2) is 31.6 Å². The third kappa shape index (κ3) is 3.59. The number of fused-ring (bicyclic) bond motifs is 1. The van der Waals surface area contributed by atoms with Gasteiger partial charge < -0.3 is 13.8 Å². The number of hydrogen-bond donors (Lipinski definition) is 0. The number of nitrogens with zero attached hydrogens (tertiary/aromatic N) is 5. The Hall–Kier alpha value is -4.20. The van der Waals surface area contributed by atoms with Crippen molar-refractivity contribution in [2.45, 2.75) is 20.4 Å². The zero-order valence-corrected chi connectivity index (χ0v) is 18.9. The van der Waals surface area contributed by atoms with Crippen molar-refractivity contribution in [3.63, 3.8) is 0 Å². The fourth-order valence-electron chi connectivity index (χ4n) is 4.20. The number of hydrogen-bond acceptors (Lipinski definition) is 6. The molecule has 8 nitrogen and oxygen atoms in total. The second-order valence-corrected chi connectivity index (χ2v) is 7.98. The molecule has 0 bridgehead atoms. The number of rotatable bonds is 5. The van der Waals surface area contributed by atoms with E-state index >= 15 is 0 Å². The predicted octanol–water partition coefficient (Wildman–Crippen LogP) is 4.13. The van der Waals surface area contributed by atoms with Gasteiger partial charge in [-0.15, -0.1) is 0 Å². The first-order chi connectivity index (χ1) is 16.0. The van der Waals surface area contributed by atoms with Crippen LogP contribution in [0.25, 0.3) is 33.2 Å². The first-order valence-electron chi connectivity index (χ1n) is 10.5. The van der Waals surface area contributed by atoms with Crippen LogP contribution in [0, 0.1) is 13.8 Å². The maximum atomic E-state index is 13.1. The van der Waals surface area contributed by atoms with Crippen LogP contribution in [0.1, 0.15) is 17.1 Å². The van der Waals surface area contributed by atoms with Crippen molar-refractivity contribution in [3.8, 4) is 28.0 Å². The summed E-state index contributed by atoms with van der Waals surface area (Å²) in [6.45, 7) is 4.05. The van der Waals surface area contributed by atoms with E-state index in [0.717, 1.165) is 44.5 Å². The molecule has 0 amide bonds. The molecule has 0 radical (unpaired) electrons. The Morgan fingerprint density at radius 3 is 2.45 bits per heavy atom. The maximum absolute atomic E-state index is 13.1. The minimum atomic E-state index is -0.123. The van der Waals surface area contributed by atoms with Crippen LogP contribution in [0.3, 0.4) is 0 Å². The van der Waals surface area contributed by atoms with Gasteiger partial charge in [-0.1, -0.05) is 11.2 Å². The van der Waals surface area contributed by atoms with Crippen molar-refractivity contribution in [1.82, 2.24) is 24.5 Å². The predicted molar refractivity (Wildman–Crippen MR) is 125 cm³/mol. The van der Waals surface area contributed by atoms with E-state index < -0.39 is 0 Å². The molecule has 0 aliphatic rings. The fraction of sp³-hybridized carbons (Fsp3) is 0.200. The molecule has 0 N–H and O–H groups in total. The lowest BCUT2D eigenvalue weighted by Gasteiger charge is -2.17. The summed E-state index contributed by atoms with van der Waals surface area (Å²) in [5, 5.41) is 9.24. The van der Waals surface area contributed by atoms with Crippen molar-refractivity contribution in [3.05, 3.63) is 82.5 Å². The molecular weight excluding hydrogens is 418 g/mol. The van der Waals surface area contributed by atoms with Crippen LogP contribution in [0.15, 0.2) is 64.3 Å². The summed E-state index contributed by atoms with van der Waals surface area (Å²) in [6.07, 6.45) is 5.54. The molecule has 166 valence electrons. The maximum Gasteiger partial charge on any atom is 0.251 e. The van der Waals surface area contributed by atoms with Crippen molar-refractivity contribution < 1.29 is 9.26 Å². The van der Waals surface area contributed by atoms with Crippen LogP contribution < -0.4 is 10.3 Å². The lowest BCUT2D eigenvalue weighted by atomic mass is 9.99.